The Labute approximate surface area is 96.5 Å². The van der Waals surface area contributed by atoms with Crippen LogP contribution in [0.15, 0.2) is 12.1 Å². The maximum Gasteiger partial charge on any atom is 0.221 e. The van der Waals surface area contributed by atoms with Crippen LogP contribution in [0.1, 0.15) is 6.92 Å². The molecule has 0 bridgehead atoms. The number of rotatable bonds is 4. The van der Waals surface area contributed by atoms with E-state index in [1.165, 1.54) is 6.92 Å². The Morgan fingerprint density at radius 3 is 2.76 bits per heavy atom. The summed E-state index contributed by atoms with van der Waals surface area (Å²) >= 11 is 0. The minimum atomic E-state index is -1.04. The fourth-order valence-corrected chi connectivity index (χ4v) is 1.28. The second-order valence-electron chi connectivity index (χ2n) is 3.71. The van der Waals surface area contributed by atoms with Gasteiger partial charge in [-0.2, -0.15) is 0 Å². The molecule has 0 aromatic heterocycles. The van der Waals surface area contributed by atoms with Crippen LogP contribution in [0.3, 0.4) is 0 Å². The van der Waals surface area contributed by atoms with Crippen LogP contribution in [-0.4, -0.2) is 25.2 Å². The summed E-state index contributed by atoms with van der Waals surface area (Å²) in [6.45, 7) is 2.12. The number of hydrogen-bond donors (Lipinski definition) is 1. The van der Waals surface area contributed by atoms with E-state index in [0.29, 0.717) is 6.61 Å². The summed E-state index contributed by atoms with van der Waals surface area (Å²) in [5, 5.41) is 2.37. The fourth-order valence-electron chi connectivity index (χ4n) is 1.28. The van der Waals surface area contributed by atoms with E-state index in [2.05, 4.69) is 5.32 Å². The third kappa shape index (κ3) is 3.13. The third-order valence-corrected chi connectivity index (χ3v) is 2.16. The average Bonchev–Trinajstić information content (AvgIpc) is 3.04. The molecular formula is C11H11F2NO3. The molecule has 0 spiro atoms. The van der Waals surface area contributed by atoms with E-state index in [1.54, 1.807) is 0 Å². The molecule has 1 N–H and O–H groups in total. The molecule has 0 saturated carbocycles. The molecule has 6 heteroatoms. The first kappa shape index (κ1) is 11.8. The Balaban J connectivity index is 2.18. The lowest BCUT2D eigenvalue weighted by Gasteiger charge is -2.11. The molecule has 0 radical (unpaired) electrons. The van der Waals surface area contributed by atoms with Crippen molar-refractivity contribution in [3.8, 4) is 5.75 Å². The summed E-state index contributed by atoms with van der Waals surface area (Å²) in [5.74, 6) is -2.35. The van der Waals surface area contributed by atoms with Gasteiger partial charge in [0.05, 0.1) is 12.3 Å². The zero-order chi connectivity index (χ0) is 12.4. The zero-order valence-corrected chi connectivity index (χ0v) is 9.13. The number of halogens is 2. The molecule has 1 aromatic carbocycles. The number of benzene rings is 1. The molecule has 1 saturated heterocycles. The van der Waals surface area contributed by atoms with Crippen molar-refractivity contribution in [3.05, 3.63) is 23.8 Å². The molecule has 1 fully saturated rings. The second-order valence-corrected chi connectivity index (χ2v) is 3.71. The average molecular weight is 243 g/mol. The molecule has 1 amide bonds. The maximum absolute atomic E-state index is 13.0. The van der Waals surface area contributed by atoms with Crippen LogP contribution in [0.25, 0.3) is 0 Å². The molecule has 1 unspecified atom stereocenters. The second kappa shape index (κ2) is 4.67. The first-order chi connectivity index (χ1) is 8.06. The number of hydrogen-bond acceptors (Lipinski definition) is 3. The number of carbonyl (C=O) groups excluding carboxylic acids is 1. The summed E-state index contributed by atoms with van der Waals surface area (Å²) in [5.41, 5.74) is 0.108. The van der Waals surface area contributed by atoms with E-state index >= 15 is 0 Å². The molecule has 1 atom stereocenters. The lowest BCUT2D eigenvalue weighted by Crippen LogP contribution is -2.11. The molecule has 0 aliphatic carbocycles. The first-order valence-electron chi connectivity index (χ1n) is 5.07. The molecule has 1 aromatic rings. The monoisotopic (exact) mass is 243 g/mol. The smallest absolute Gasteiger partial charge is 0.221 e. The van der Waals surface area contributed by atoms with Gasteiger partial charge in [0, 0.05) is 19.1 Å². The quantitative estimate of drug-likeness (QED) is 0.819. The molecular weight excluding hydrogens is 232 g/mol. The Kier molecular flexibility index (Phi) is 3.23. The highest BCUT2D eigenvalue weighted by molar-refractivity contribution is 5.90. The molecule has 4 nitrogen and oxygen atoms in total. The van der Waals surface area contributed by atoms with Gasteiger partial charge in [-0.05, 0) is 0 Å². The SMILES string of the molecule is CC(=O)Nc1cc(F)c(F)cc1OCC1CO1. The molecule has 1 aliphatic heterocycles. The van der Waals surface area contributed by atoms with Crippen molar-refractivity contribution in [2.45, 2.75) is 13.0 Å². The normalized spacial score (nSPS) is 17.7. The van der Waals surface area contributed by atoms with Gasteiger partial charge in [-0.3, -0.25) is 4.79 Å². The van der Waals surface area contributed by atoms with Crippen LogP contribution in [0.2, 0.25) is 0 Å². The van der Waals surface area contributed by atoms with Gasteiger partial charge < -0.3 is 14.8 Å². The minimum Gasteiger partial charge on any atom is -0.488 e. The number of carbonyl (C=O) groups is 1. The predicted molar refractivity (Wildman–Crippen MR) is 55.9 cm³/mol. The van der Waals surface area contributed by atoms with Gasteiger partial charge in [0.2, 0.25) is 5.91 Å². The van der Waals surface area contributed by atoms with Gasteiger partial charge in [-0.1, -0.05) is 0 Å². The van der Waals surface area contributed by atoms with E-state index in [1.807, 2.05) is 0 Å². The third-order valence-electron chi connectivity index (χ3n) is 2.16. The lowest BCUT2D eigenvalue weighted by atomic mass is 10.2. The van der Waals surface area contributed by atoms with Crippen LogP contribution in [0.5, 0.6) is 5.75 Å². The van der Waals surface area contributed by atoms with Crippen LogP contribution < -0.4 is 10.1 Å². The van der Waals surface area contributed by atoms with Crippen molar-refractivity contribution in [3.63, 3.8) is 0 Å². The Hall–Kier alpha value is -1.69. The number of ether oxygens (including phenoxy) is 2. The van der Waals surface area contributed by atoms with Gasteiger partial charge in [-0.25, -0.2) is 8.78 Å². The first-order valence-corrected chi connectivity index (χ1v) is 5.07. The summed E-state index contributed by atoms with van der Waals surface area (Å²) in [7, 11) is 0. The molecule has 2 rings (SSSR count). The van der Waals surface area contributed by atoms with Crippen LogP contribution >= 0.6 is 0 Å². The van der Waals surface area contributed by atoms with Gasteiger partial charge in [-0.15, -0.1) is 0 Å². The Morgan fingerprint density at radius 2 is 2.18 bits per heavy atom. The van der Waals surface area contributed by atoms with Crippen LogP contribution in [0, 0.1) is 11.6 Å². The number of nitrogens with one attached hydrogen (secondary N) is 1. The predicted octanol–water partition coefficient (Wildman–Crippen LogP) is 1.70. The molecule has 1 heterocycles. The minimum absolute atomic E-state index is 0.00621. The van der Waals surface area contributed by atoms with E-state index in [4.69, 9.17) is 9.47 Å². The van der Waals surface area contributed by atoms with E-state index < -0.39 is 11.6 Å². The number of epoxide rings is 1. The van der Waals surface area contributed by atoms with Crippen molar-refractivity contribution >= 4 is 11.6 Å². The van der Waals surface area contributed by atoms with Gasteiger partial charge in [0.1, 0.15) is 18.5 Å². The number of anilines is 1. The highest BCUT2D eigenvalue weighted by Gasteiger charge is 2.24. The molecule has 92 valence electrons. The summed E-state index contributed by atoms with van der Waals surface area (Å²) in [6.07, 6.45) is -0.00621. The number of amides is 1. The summed E-state index contributed by atoms with van der Waals surface area (Å²) in [4.78, 5) is 10.9. The lowest BCUT2D eigenvalue weighted by molar-refractivity contribution is -0.114. The Morgan fingerprint density at radius 1 is 1.53 bits per heavy atom. The van der Waals surface area contributed by atoms with E-state index in [9.17, 15) is 13.6 Å². The summed E-state index contributed by atoms with van der Waals surface area (Å²) < 4.78 is 36.2. The van der Waals surface area contributed by atoms with Crippen molar-refractivity contribution < 1.29 is 23.0 Å². The van der Waals surface area contributed by atoms with E-state index in [-0.39, 0.29) is 30.1 Å². The van der Waals surface area contributed by atoms with Gasteiger partial charge in [0.25, 0.3) is 0 Å². The topological polar surface area (TPSA) is 50.9 Å². The highest BCUT2D eigenvalue weighted by atomic mass is 19.2. The summed E-state index contributed by atoms with van der Waals surface area (Å²) in [6, 6.07) is 1.79. The van der Waals surface area contributed by atoms with Crippen molar-refractivity contribution in [2.75, 3.05) is 18.5 Å². The van der Waals surface area contributed by atoms with Crippen LogP contribution in [0.4, 0.5) is 14.5 Å². The van der Waals surface area contributed by atoms with Crippen LogP contribution in [-0.2, 0) is 9.53 Å². The largest absolute Gasteiger partial charge is 0.488 e. The van der Waals surface area contributed by atoms with Gasteiger partial charge in [0.15, 0.2) is 11.6 Å². The van der Waals surface area contributed by atoms with Crippen molar-refractivity contribution in [1.82, 2.24) is 0 Å². The van der Waals surface area contributed by atoms with Crippen molar-refractivity contribution in [1.29, 1.82) is 0 Å². The maximum atomic E-state index is 13.0. The zero-order valence-electron chi connectivity index (χ0n) is 9.13. The van der Waals surface area contributed by atoms with Gasteiger partial charge >= 0.3 is 0 Å². The fraction of sp³-hybridized carbons (Fsp3) is 0.364. The van der Waals surface area contributed by atoms with E-state index in [0.717, 1.165) is 12.1 Å². The van der Waals surface area contributed by atoms with Crippen molar-refractivity contribution in [2.24, 2.45) is 0 Å². The standard InChI is InChI=1S/C11H11F2NO3/c1-6(15)14-10-2-8(12)9(13)3-11(10)17-5-7-4-16-7/h2-3,7H,4-5H2,1H3,(H,14,15). The molecule has 1 aliphatic rings. The molecule has 17 heavy (non-hydrogen) atoms. The Bertz CT molecular complexity index is 447. The highest BCUT2D eigenvalue weighted by Crippen LogP contribution is 2.28.